The quantitative estimate of drug-likeness (QED) is 0.682. The SMILES string of the molecule is CC(=Nc1cccc(O)c1)c1sc2ccccc2c1O. The summed E-state index contributed by atoms with van der Waals surface area (Å²) in [5, 5.41) is 20.6. The molecular weight excluding hydrogens is 270 g/mol. The molecule has 3 aromatic rings. The number of aromatic hydroxyl groups is 2. The largest absolute Gasteiger partial charge is 0.508 e. The van der Waals surface area contributed by atoms with Crippen molar-refractivity contribution < 1.29 is 10.2 Å². The summed E-state index contributed by atoms with van der Waals surface area (Å²) in [6.07, 6.45) is 0. The predicted octanol–water partition coefficient (Wildman–Crippen LogP) is 4.45. The van der Waals surface area contributed by atoms with Gasteiger partial charge in [-0.2, -0.15) is 0 Å². The molecule has 0 aliphatic rings. The van der Waals surface area contributed by atoms with E-state index in [9.17, 15) is 10.2 Å². The number of rotatable bonds is 2. The van der Waals surface area contributed by atoms with E-state index in [1.807, 2.05) is 37.3 Å². The molecule has 1 heterocycles. The van der Waals surface area contributed by atoms with Crippen LogP contribution in [0.2, 0.25) is 0 Å². The van der Waals surface area contributed by atoms with Gasteiger partial charge in [0.1, 0.15) is 11.5 Å². The molecule has 0 saturated heterocycles. The summed E-state index contributed by atoms with van der Waals surface area (Å²) in [6, 6.07) is 14.5. The van der Waals surface area contributed by atoms with E-state index < -0.39 is 0 Å². The molecule has 0 fully saturated rings. The van der Waals surface area contributed by atoms with Gasteiger partial charge in [0.05, 0.1) is 16.3 Å². The van der Waals surface area contributed by atoms with Gasteiger partial charge in [0.15, 0.2) is 0 Å². The molecule has 0 unspecified atom stereocenters. The standard InChI is InChI=1S/C16H13NO2S/c1-10(17-11-5-4-6-12(18)9-11)16-15(19)13-7-2-3-8-14(13)20-16/h2-9,18-19H,1H3. The van der Waals surface area contributed by atoms with Gasteiger partial charge in [0.2, 0.25) is 0 Å². The van der Waals surface area contributed by atoms with E-state index in [2.05, 4.69) is 4.99 Å². The van der Waals surface area contributed by atoms with Crippen LogP contribution in [0.3, 0.4) is 0 Å². The number of benzene rings is 2. The Bertz CT molecular complexity index is 805. The number of hydrogen-bond acceptors (Lipinski definition) is 4. The van der Waals surface area contributed by atoms with Crippen molar-refractivity contribution in [1.82, 2.24) is 0 Å². The van der Waals surface area contributed by atoms with Gasteiger partial charge in [-0.3, -0.25) is 4.99 Å². The zero-order chi connectivity index (χ0) is 14.1. The number of aliphatic imine (C=N–C) groups is 1. The Morgan fingerprint density at radius 1 is 1.05 bits per heavy atom. The minimum atomic E-state index is 0.180. The van der Waals surface area contributed by atoms with Gasteiger partial charge in [-0.15, -0.1) is 11.3 Å². The lowest BCUT2D eigenvalue weighted by atomic mass is 10.2. The molecule has 0 saturated carbocycles. The third-order valence-corrected chi connectivity index (χ3v) is 4.29. The Morgan fingerprint density at radius 2 is 1.85 bits per heavy atom. The van der Waals surface area contributed by atoms with Gasteiger partial charge >= 0.3 is 0 Å². The van der Waals surface area contributed by atoms with Crippen molar-refractivity contribution in [3.05, 3.63) is 53.4 Å². The summed E-state index contributed by atoms with van der Waals surface area (Å²) < 4.78 is 1.03. The van der Waals surface area contributed by atoms with Crippen LogP contribution in [0, 0.1) is 0 Å². The number of fused-ring (bicyclic) bond motifs is 1. The molecule has 3 rings (SSSR count). The van der Waals surface area contributed by atoms with Crippen LogP contribution in [-0.4, -0.2) is 15.9 Å². The molecule has 0 bridgehead atoms. The number of phenols is 1. The van der Waals surface area contributed by atoms with E-state index in [1.165, 1.54) is 11.3 Å². The van der Waals surface area contributed by atoms with Crippen LogP contribution >= 0.6 is 11.3 Å². The Morgan fingerprint density at radius 3 is 2.60 bits per heavy atom. The van der Waals surface area contributed by atoms with E-state index in [0.29, 0.717) is 5.69 Å². The lowest BCUT2D eigenvalue weighted by molar-refractivity contribution is 0.475. The molecule has 0 aliphatic heterocycles. The maximum absolute atomic E-state index is 10.3. The zero-order valence-electron chi connectivity index (χ0n) is 10.9. The zero-order valence-corrected chi connectivity index (χ0v) is 11.7. The molecule has 0 atom stereocenters. The summed E-state index contributed by atoms with van der Waals surface area (Å²) in [5.41, 5.74) is 1.40. The fraction of sp³-hybridized carbons (Fsp3) is 0.0625. The van der Waals surface area contributed by atoms with Crippen LogP contribution in [0.1, 0.15) is 11.8 Å². The Kier molecular flexibility index (Phi) is 3.16. The smallest absolute Gasteiger partial charge is 0.143 e. The predicted molar refractivity (Wildman–Crippen MR) is 83.5 cm³/mol. The second-order valence-corrected chi connectivity index (χ2v) is 5.55. The molecule has 4 heteroatoms. The second-order valence-electron chi connectivity index (χ2n) is 4.49. The van der Waals surface area contributed by atoms with Crippen LogP contribution in [0.5, 0.6) is 11.5 Å². The molecule has 20 heavy (non-hydrogen) atoms. The Hall–Kier alpha value is -2.33. The fourth-order valence-electron chi connectivity index (χ4n) is 2.08. The molecule has 100 valence electrons. The summed E-state index contributed by atoms with van der Waals surface area (Å²) in [5.74, 6) is 0.451. The average molecular weight is 283 g/mol. The van der Waals surface area contributed by atoms with Gasteiger partial charge in [-0.1, -0.05) is 18.2 Å². The topological polar surface area (TPSA) is 52.8 Å². The first-order valence-corrected chi connectivity index (χ1v) is 7.02. The van der Waals surface area contributed by atoms with E-state index in [-0.39, 0.29) is 11.5 Å². The molecule has 0 amide bonds. The normalized spacial score (nSPS) is 11.9. The van der Waals surface area contributed by atoms with Gasteiger partial charge < -0.3 is 10.2 Å². The highest BCUT2D eigenvalue weighted by Gasteiger charge is 2.13. The highest BCUT2D eigenvalue weighted by molar-refractivity contribution is 7.21. The van der Waals surface area contributed by atoms with Gasteiger partial charge in [-0.05, 0) is 31.2 Å². The van der Waals surface area contributed by atoms with Crippen LogP contribution in [0.25, 0.3) is 10.1 Å². The van der Waals surface area contributed by atoms with Crippen LogP contribution < -0.4 is 0 Å². The van der Waals surface area contributed by atoms with E-state index in [1.54, 1.807) is 18.2 Å². The summed E-state index contributed by atoms with van der Waals surface area (Å²) in [4.78, 5) is 5.21. The maximum atomic E-state index is 10.3. The second kappa shape index (κ2) is 4.98. The first-order chi connectivity index (χ1) is 9.65. The van der Waals surface area contributed by atoms with Crippen LogP contribution in [0.15, 0.2) is 53.5 Å². The van der Waals surface area contributed by atoms with E-state index >= 15 is 0 Å². The summed E-state index contributed by atoms with van der Waals surface area (Å²) in [6.45, 7) is 1.86. The summed E-state index contributed by atoms with van der Waals surface area (Å²) >= 11 is 1.51. The van der Waals surface area contributed by atoms with Gasteiger partial charge in [0, 0.05) is 16.2 Å². The molecule has 3 nitrogen and oxygen atoms in total. The molecule has 0 spiro atoms. The number of phenolic OH excluding ortho intramolecular Hbond substituents is 1. The van der Waals surface area contributed by atoms with Crippen LogP contribution in [-0.2, 0) is 0 Å². The van der Waals surface area contributed by atoms with Crippen molar-refractivity contribution in [2.24, 2.45) is 4.99 Å². The van der Waals surface area contributed by atoms with Gasteiger partial charge in [0.25, 0.3) is 0 Å². The van der Waals surface area contributed by atoms with Gasteiger partial charge in [-0.25, -0.2) is 0 Å². The minimum Gasteiger partial charge on any atom is -0.508 e. The van der Waals surface area contributed by atoms with Crippen molar-refractivity contribution >= 4 is 32.8 Å². The molecular formula is C16H13NO2S. The lowest BCUT2D eigenvalue weighted by Gasteiger charge is -2.00. The van der Waals surface area contributed by atoms with E-state index in [4.69, 9.17) is 0 Å². The third-order valence-electron chi connectivity index (χ3n) is 3.02. The minimum absolute atomic E-state index is 0.180. The number of thiophene rings is 1. The van der Waals surface area contributed by atoms with Crippen LogP contribution in [0.4, 0.5) is 5.69 Å². The molecule has 1 aromatic heterocycles. The maximum Gasteiger partial charge on any atom is 0.143 e. The Labute approximate surface area is 120 Å². The third kappa shape index (κ3) is 2.26. The molecule has 0 radical (unpaired) electrons. The number of nitrogens with zero attached hydrogens (tertiary/aromatic N) is 1. The monoisotopic (exact) mass is 283 g/mol. The molecule has 2 aromatic carbocycles. The number of hydrogen-bond donors (Lipinski definition) is 2. The van der Waals surface area contributed by atoms with Crippen molar-refractivity contribution in [3.63, 3.8) is 0 Å². The van der Waals surface area contributed by atoms with E-state index in [0.717, 1.165) is 20.7 Å². The molecule has 0 aliphatic carbocycles. The van der Waals surface area contributed by atoms with Crippen molar-refractivity contribution in [3.8, 4) is 11.5 Å². The molecule has 2 N–H and O–H groups in total. The fourth-order valence-corrected chi connectivity index (χ4v) is 3.13. The average Bonchev–Trinajstić information content (AvgIpc) is 2.77. The highest BCUT2D eigenvalue weighted by Crippen LogP contribution is 2.37. The first-order valence-electron chi connectivity index (χ1n) is 6.20. The highest BCUT2D eigenvalue weighted by atomic mass is 32.1. The van der Waals surface area contributed by atoms with Crippen molar-refractivity contribution in [1.29, 1.82) is 0 Å². The van der Waals surface area contributed by atoms with Crippen molar-refractivity contribution in [2.75, 3.05) is 0 Å². The summed E-state index contributed by atoms with van der Waals surface area (Å²) in [7, 11) is 0. The first kappa shape index (κ1) is 12.7. The Balaban J connectivity index is 2.08. The van der Waals surface area contributed by atoms with Crippen molar-refractivity contribution in [2.45, 2.75) is 6.92 Å². The lowest BCUT2D eigenvalue weighted by Crippen LogP contribution is -1.89.